The largest absolute Gasteiger partial charge is 0.390 e. The molecule has 1 atom stereocenters. The average Bonchev–Trinajstić information content (AvgIpc) is 2.89. The number of hydrogen-bond acceptors (Lipinski definition) is 5. The molecule has 0 radical (unpaired) electrons. The molecule has 1 saturated heterocycles. The summed E-state index contributed by atoms with van der Waals surface area (Å²) < 4.78 is 2.80. The zero-order valence-electron chi connectivity index (χ0n) is 21.1. The van der Waals surface area contributed by atoms with Crippen LogP contribution in [0.3, 0.4) is 0 Å². The summed E-state index contributed by atoms with van der Waals surface area (Å²) in [6.07, 6.45) is 1.62. The molecule has 0 spiro atoms. The van der Waals surface area contributed by atoms with Crippen molar-refractivity contribution in [1.82, 2.24) is 18.9 Å². The van der Waals surface area contributed by atoms with Crippen LogP contribution in [0.1, 0.15) is 30.9 Å². The van der Waals surface area contributed by atoms with Crippen molar-refractivity contribution in [3.05, 3.63) is 79.5 Å². The number of piperidine rings is 1. The van der Waals surface area contributed by atoms with Gasteiger partial charge < -0.3 is 10.0 Å². The van der Waals surface area contributed by atoms with E-state index in [0.717, 1.165) is 36.9 Å². The maximum Gasteiger partial charge on any atom is 0.331 e. The van der Waals surface area contributed by atoms with Crippen LogP contribution in [0.5, 0.6) is 0 Å². The van der Waals surface area contributed by atoms with Crippen LogP contribution in [0.15, 0.2) is 52.1 Å². The molecule has 1 N–H and O–H groups in total. The second-order valence-electron chi connectivity index (χ2n) is 10.3. The fraction of sp³-hybridized carbons (Fsp3) is 0.464. The third kappa shape index (κ3) is 5.51. The zero-order chi connectivity index (χ0) is 26.1. The minimum absolute atomic E-state index is 0.0652. The van der Waals surface area contributed by atoms with Gasteiger partial charge in [-0.1, -0.05) is 35.9 Å². The van der Waals surface area contributed by atoms with E-state index in [1.165, 1.54) is 11.1 Å². The van der Waals surface area contributed by atoms with E-state index in [-0.39, 0.29) is 18.4 Å². The van der Waals surface area contributed by atoms with Crippen molar-refractivity contribution in [1.29, 1.82) is 0 Å². The van der Waals surface area contributed by atoms with Crippen LogP contribution in [0, 0.1) is 5.92 Å². The standard InChI is InChI=1S/C28H33ClN4O4/c1-19(34)31-12-8-20(9-13-31)15-32-26-7-6-23(29)14-25(26)27(36)33(28(32)37)18-24(35)17-30-11-10-21-4-2-3-5-22(21)16-30/h2-7,14,20,24,35H,8-13,15-18H2,1H3. The van der Waals surface area contributed by atoms with Crippen LogP contribution in [-0.4, -0.2) is 62.2 Å². The number of fused-ring (bicyclic) bond motifs is 2. The van der Waals surface area contributed by atoms with Crippen molar-refractivity contribution in [2.24, 2.45) is 5.92 Å². The van der Waals surface area contributed by atoms with Gasteiger partial charge in [-0.3, -0.25) is 23.6 Å². The minimum atomic E-state index is -0.875. The van der Waals surface area contributed by atoms with E-state index in [4.69, 9.17) is 11.6 Å². The van der Waals surface area contributed by atoms with Crippen molar-refractivity contribution in [2.45, 2.75) is 51.9 Å². The topological polar surface area (TPSA) is 87.8 Å². The highest BCUT2D eigenvalue weighted by molar-refractivity contribution is 6.31. The number of β-amino-alcohol motifs (C(OH)–C–C–N with tert-alkyl or cyclic N) is 1. The third-order valence-corrected chi connectivity index (χ3v) is 7.99. The maximum atomic E-state index is 13.6. The number of carbonyl (C=O) groups is 1. The molecule has 1 amide bonds. The first-order valence-electron chi connectivity index (χ1n) is 13.0. The van der Waals surface area contributed by atoms with E-state index < -0.39 is 17.4 Å². The Morgan fingerprint density at radius 3 is 2.49 bits per heavy atom. The van der Waals surface area contributed by atoms with E-state index in [1.54, 1.807) is 29.7 Å². The molecule has 0 aliphatic carbocycles. The lowest BCUT2D eigenvalue weighted by atomic mass is 9.96. The van der Waals surface area contributed by atoms with E-state index in [9.17, 15) is 19.5 Å². The van der Waals surface area contributed by atoms with Crippen LogP contribution in [0.4, 0.5) is 0 Å². The molecule has 8 nitrogen and oxygen atoms in total. The lowest BCUT2D eigenvalue weighted by Crippen LogP contribution is -2.46. The molecular formula is C28H33ClN4O4. The Morgan fingerprint density at radius 1 is 1.03 bits per heavy atom. The normalized spacial score (nSPS) is 17.6. The molecule has 196 valence electrons. The number of likely N-dealkylation sites (tertiary alicyclic amines) is 1. The second-order valence-corrected chi connectivity index (χ2v) is 10.8. The molecule has 37 heavy (non-hydrogen) atoms. The first-order valence-corrected chi connectivity index (χ1v) is 13.3. The van der Waals surface area contributed by atoms with Crippen LogP contribution >= 0.6 is 11.6 Å². The number of nitrogens with zero attached hydrogens (tertiary/aromatic N) is 4. The summed E-state index contributed by atoms with van der Waals surface area (Å²) in [6.45, 7) is 5.19. The summed E-state index contributed by atoms with van der Waals surface area (Å²) in [5, 5.41) is 11.7. The molecule has 3 aromatic rings. The minimum Gasteiger partial charge on any atom is -0.390 e. The van der Waals surface area contributed by atoms with Gasteiger partial charge in [0.2, 0.25) is 5.91 Å². The molecule has 9 heteroatoms. The summed E-state index contributed by atoms with van der Waals surface area (Å²) >= 11 is 6.22. The van der Waals surface area contributed by atoms with Crippen LogP contribution < -0.4 is 11.2 Å². The number of aliphatic hydroxyl groups excluding tert-OH is 1. The van der Waals surface area contributed by atoms with Gasteiger partial charge >= 0.3 is 5.69 Å². The van der Waals surface area contributed by atoms with Crippen molar-refractivity contribution in [3.8, 4) is 0 Å². The van der Waals surface area contributed by atoms with Gasteiger partial charge in [-0.25, -0.2) is 4.79 Å². The first kappa shape index (κ1) is 25.7. The summed E-state index contributed by atoms with van der Waals surface area (Å²) in [6, 6.07) is 13.3. The number of halogens is 1. The van der Waals surface area contributed by atoms with Crippen LogP contribution in [-0.2, 0) is 30.8 Å². The third-order valence-electron chi connectivity index (χ3n) is 7.76. The molecule has 5 rings (SSSR count). The highest BCUT2D eigenvalue weighted by atomic mass is 35.5. The number of amides is 1. The van der Waals surface area contributed by atoms with E-state index in [0.29, 0.717) is 42.1 Å². The monoisotopic (exact) mass is 524 g/mol. The molecular weight excluding hydrogens is 492 g/mol. The summed E-state index contributed by atoms with van der Waals surface area (Å²) in [5.74, 6) is 0.270. The van der Waals surface area contributed by atoms with E-state index in [1.807, 2.05) is 17.0 Å². The van der Waals surface area contributed by atoms with Gasteiger partial charge in [0, 0.05) is 51.2 Å². The van der Waals surface area contributed by atoms with E-state index >= 15 is 0 Å². The SMILES string of the molecule is CC(=O)N1CCC(Cn2c(=O)n(CC(O)CN3CCc4ccccc4C3)c(=O)c3cc(Cl)ccc32)CC1. The lowest BCUT2D eigenvalue weighted by Gasteiger charge is -2.32. The van der Waals surface area contributed by atoms with Gasteiger partial charge in [-0.05, 0) is 54.5 Å². The second kappa shape index (κ2) is 10.8. The van der Waals surface area contributed by atoms with Gasteiger partial charge in [0.1, 0.15) is 0 Å². The fourth-order valence-electron chi connectivity index (χ4n) is 5.70. The molecule has 2 aliphatic heterocycles. The highest BCUT2D eigenvalue weighted by Gasteiger charge is 2.25. The smallest absolute Gasteiger partial charge is 0.331 e. The van der Waals surface area contributed by atoms with Crippen LogP contribution in [0.2, 0.25) is 5.02 Å². The molecule has 2 aromatic carbocycles. The summed E-state index contributed by atoms with van der Waals surface area (Å²) in [4.78, 5) is 42.7. The van der Waals surface area contributed by atoms with Crippen LogP contribution in [0.25, 0.3) is 10.9 Å². The number of carbonyl (C=O) groups excluding carboxylic acids is 1. The predicted molar refractivity (Wildman–Crippen MR) is 144 cm³/mol. The Kier molecular flexibility index (Phi) is 7.51. The number of benzene rings is 2. The number of aliphatic hydroxyl groups is 1. The summed E-state index contributed by atoms with van der Waals surface area (Å²) in [5.41, 5.74) is 2.27. The number of rotatable bonds is 6. The zero-order valence-corrected chi connectivity index (χ0v) is 21.9. The molecule has 3 heterocycles. The quantitative estimate of drug-likeness (QED) is 0.535. The molecule has 1 aromatic heterocycles. The van der Waals surface area contributed by atoms with Crippen molar-refractivity contribution in [3.63, 3.8) is 0 Å². The highest BCUT2D eigenvalue weighted by Crippen LogP contribution is 2.22. The Hall–Kier alpha value is -2.94. The van der Waals surface area contributed by atoms with Crippen molar-refractivity contribution >= 4 is 28.4 Å². The lowest BCUT2D eigenvalue weighted by molar-refractivity contribution is -0.130. The molecule has 2 aliphatic rings. The van der Waals surface area contributed by atoms with Gasteiger partial charge in [-0.2, -0.15) is 0 Å². The van der Waals surface area contributed by atoms with Gasteiger partial charge in [0.25, 0.3) is 5.56 Å². The van der Waals surface area contributed by atoms with Gasteiger partial charge in [0.05, 0.1) is 23.6 Å². The summed E-state index contributed by atoms with van der Waals surface area (Å²) in [7, 11) is 0. The number of hydrogen-bond donors (Lipinski definition) is 1. The maximum absolute atomic E-state index is 13.6. The molecule has 1 unspecified atom stereocenters. The van der Waals surface area contributed by atoms with Gasteiger partial charge in [-0.15, -0.1) is 0 Å². The van der Waals surface area contributed by atoms with Gasteiger partial charge in [0.15, 0.2) is 0 Å². The molecule has 0 saturated carbocycles. The first-order chi connectivity index (χ1) is 17.8. The Labute approximate surface area is 220 Å². The van der Waals surface area contributed by atoms with Crippen molar-refractivity contribution < 1.29 is 9.90 Å². The van der Waals surface area contributed by atoms with E-state index in [2.05, 4.69) is 17.0 Å². The Balaban J connectivity index is 1.39. The number of aromatic nitrogens is 2. The molecule has 1 fully saturated rings. The Morgan fingerprint density at radius 2 is 1.76 bits per heavy atom. The van der Waals surface area contributed by atoms with Crippen molar-refractivity contribution in [2.75, 3.05) is 26.2 Å². The molecule has 0 bridgehead atoms. The average molecular weight is 525 g/mol. The Bertz CT molecular complexity index is 1420. The fourth-order valence-corrected chi connectivity index (χ4v) is 5.87. The predicted octanol–water partition coefficient (Wildman–Crippen LogP) is 2.49.